The van der Waals surface area contributed by atoms with Crippen LogP contribution < -0.4 is 11.0 Å². The normalized spacial score (nSPS) is 17.3. The molecular formula is C12H13BrN4O. The second-order valence-corrected chi connectivity index (χ2v) is 6.28. The van der Waals surface area contributed by atoms with Crippen LogP contribution in [0.1, 0.15) is 13.8 Å². The van der Waals surface area contributed by atoms with Crippen molar-refractivity contribution in [1.29, 1.82) is 0 Å². The van der Waals surface area contributed by atoms with Gasteiger partial charge in [-0.25, -0.2) is 9.78 Å². The lowest BCUT2D eigenvalue weighted by molar-refractivity contribution is 0.304. The van der Waals surface area contributed by atoms with Gasteiger partial charge >= 0.3 is 5.69 Å². The van der Waals surface area contributed by atoms with Crippen molar-refractivity contribution >= 4 is 32.8 Å². The highest BCUT2D eigenvalue weighted by atomic mass is 79.9. The number of hydrogen-bond acceptors (Lipinski definition) is 4. The predicted octanol–water partition coefficient (Wildman–Crippen LogP) is 2.01. The van der Waals surface area contributed by atoms with Gasteiger partial charge in [0.05, 0.1) is 5.52 Å². The Bertz CT molecular complexity index is 692. The van der Waals surface area contributed by atoms with E-state index in [2.05, 4.69) is 45.1 Å². The van der Waals surface area contributed by atoms with E-state index < -0.39 is 0 Å². The van der Waals surface area contributed by atoms with Crippen LogP contribution >= 0.6 is 15.9 Å². The maximum Gasteiger partial charge on any atom is 0.349 e. The summed E-state index contributed by atoms with van der Waals surface area (Å²) in [6.07, 6.45) is 1.72. The quantitative estimate of drug-likeness (QED) is 0.809. The maximum atomic E-state index is 12.0. The molecule has 1 aliphatic rings. The highest BCUT2D eigenvalue weighted by Crippen LogP contribution is 2.29. The van der Waals surface area contributed by atoms with Crippen LogP contribution in [-0.2, 0) is 6.54 Å². The summed E-state index contributed by atoms with van der Waals surface area (Å²) in [6.45, 7) is 5.72. The molecule has 94 valence electrons. The minimum absolute atomic E-state index is 0.0432. The average molecular weight is 309 g/mol. The van der Waals surface area contributed by atoms with E-state index >= 15 is 0 Å². The number of aromatic nitrogens is 3. The van der Waals surface area contributed by atoms with E-state index in [1.54, 1.807) is 10.8 Å². The zero-order valence-corrected chi connectivity index (χ0v) is 11.8. The Hall–Kier alpha value is -1.43. The number of rotatable bonds is 0. The lowest BCUT2D eigenvalue weighted by Gasteiger charge is -2.33. The first-order chi connectivity index (χ1) is 8.46. The number of fused-ring (bicyclic) bond motifs is 3. The Morgan fingerprint density at radius 1 is 1.50 bits per heavy atom. The molecule has 3 rings (SSSR count). The molecule has 0 radical (unpaired) electrons. The zero-order valence-electron chi connectivity index (χ0n) is 10.2. The fourth-order valence-corrected chi connectivity index (χ4v) is 2.54. The third-order valence-corrected chi connectivity index (χ3v) is 3.53. The van der Waals surface area contributed by atoms with Gasteiger partial charge < -0.3 is 5.32 Å². The fourth-order valence-electron chi connectivity index (χ4n) is 2.22. The van der Waals surface area contributed by atoms with Crippen LogP contribution in [0.3, 0.4) is 0 Å². The third kappa shape index (κ3) is 1.80. The van der Waals surface area contributed by atoms with Crippen LogP contribution in [0, 0.1) is 5.41 Å². The van der Waals surface area contributed by atoms with E-state index in [9.17, 15) is 4.79 Å². The van der Waals surface area contributed by atoms with Gasteiger partial charge in [-0.2, -0.15) is 4.98 Å². The molecule has 2 aromatic rings. The van der Waals surface area contributed by atoms with Crippen molar-refractivity contribution in [3.63, 3.8) is 0 Å². The number of halogens is 1. The molecule has 0 spiro atoms. The van der Waals surface area contributed by atoms with Crippen LogP contribution in [0.15, 0.2) is 21.5 Å². The van der Waals surface area contributed by atoms with E-state index in [4.69, 9.17) is 0 Å². The van der Waals surface area contributed by atoms with Crippen molar-refractivity contribution in [3.8, 4) is 0 Å². The van der Waals surface area contributed by atoms with E-state index in [-0.39, 0.29) is 11.1 Å². The smallest absolute Gasteiger partial charge is 0.349 e. The molecule has 6 heteroatoms. The molecule has 3 heterocycles. The van der Waals surface area contributed by atoms with Crippen LogP contribution in [-0.4, -0.2) is 21.1 Å². The third-order valence-electron chi connectivity index (χ3n) is 3.10. The van der Waals surface area contributed by atoms with E-state index in [1.165, 1.54) is 0 Å². The van der Waals surface area contributed by atoms with Crippen LogP contribution in [0.5, 0.6) is 0 Å². The summed E-state index contributed by atoms with van der Waals surface area (Å²) in [5.74, 6) is 0.775. The SMILES string of the molecule is CC1(C)CNc2c3ncc(Br)cc3nc(=O)n2C1. The molecule has 5 nitrogen and oxygen atoms in total. The summed E-state index contributed by atoms with van der Waals surface area (Å²) in [5.41, 5.74) is 1.18. The molecule has 0 bridgehead atoms. The molecule has 0 saturated heterocycles. The highest BCUT2D eigenvalue weighted by Gasteiger charge is 2.27. The molecular weight excluding hydrogens is 296 g/mol. The van der Waals surface area contributed by atoms with Crippen LogP contribution in [0.25, 0.3) is 11.0 Å². The van der Waals surface area contributed by atoms with Gasteiger partial charge in [-0.3, -0.25) is 4.57 Å². The zero-order chi connectivity index (χ0) is 12.9. The van der Waals surface area contributed by atoms with E-state index in [0.29, 0.717) is 12.1 Å². The monoisotopic (exact) mass is 308 g/mol. The minimum atomic E-state index is -0.224. The van der Waals surface area contributed by atoms with E-state index in [0.717, 1.165) is 22.4 Å². The molecule has 0 fully saturated rings. The summed E-state index contributed by atoms with van der Waals surface area (Å²) in [5, 5.41) is 3.30. The second kappa shape index (κ2) is 3.78. The Balaban J connectivity index is 2.32. The molecule has 0 aliphatic carbocycles. The van der Waals surface area contributed by atoms with Gasteiger partial charge in [-0.1, -0.05) is 13.8 Å². The topological polar surface area (TPSA) is 59.8 Å². The summed E-state index contributed by atoms with van der Waals surface area (Å²) < 4.78 is 2.50. The number of hydrogen-bond donors (Lipinski definition) is 1. The standard InChI is InChI=1S/C12H13BrN4O/c1-12(2)5-15-10-9-8(3-7(13)4-14-9)16-11(18)17(10)6-12/h3-4,15H,5-6H2,1-2H3. The molecule has 0 saturated carbocycles. The number of pyridine rings is 1. The molecule has 0 aromatic carbocycles. The Labute approximate surface area is 112 Å². The van der Waals surface area contributed by atoms with Gasteiger partial charge in [0.1, 0.15) is 11.3 Å². The van der Waals surface area contributed by atoms with E-state index in [1.807, 2.05) is 6.07 Å². The molecule has 18 heavy (non-hydrogen) atoms. The van der Waals surface area contributed by atoms with Crippen molar-refractivity contribution in [2.45, 2.75) is 20.4 Å². The lowest BCUT2D eigenvalue weighted by atomic mass is 9.92. The first-order valence-electron chi connectivity index (χ1n) is 5.76. The molecule has 0 amide bonds. The molecule has 1 N–H and O–H groups in total. The first kappa shape index (κ1) is 11.6. The predicted molar refractivity (Wildman–Crippen MR) is 73.8 cm³/mol. The van der Waals surface area contributed by atoms with Crippen molar-refractivity contribution in [2.24, 2.45) is 5.41 Å². The van der Waals surface area contributed by atoms with Crippen molar-refractivity contribution < 1.29 is 0 Å². The van der Waals surface area contributed by atoms with Gasteiger partial charge in [0.15, 0.2) is 0 Å². The number of nitrogens with one attached hydrogen (secondary N) is 1. The summed E-state index contributed by atoms with van der Waals surface area (Å²) in [4.78, 5) is 20.5. The first-order valence-corrected chi connectivity index (χ1v) is 6.56. The minimum Gasteiger partial charge on any atom is -0.369 e. The maximum absolute atomic E-state index is 12.0. The largest absolute Gasteiger partial charge is 0.369 e. The van der Waals surface area contributed by atoms with Crippen LogP contribution in [0.4, 0.5) is 5.82 Å². The Morgan fingerprint density at radius 2 is 2.28 bits per heavy atom. The van der Waals surface area contributed by atoms with Crippen LogP contribution in [0.2, 0.25) is 0 Å². The number of nitrogens with zero attached hydrogens (tertiary/aromatic N) is 3. The average Bonchev–Trinajstić information content (AvgIpc) is 2.28. The van der Waals surface area contributed by atoms with Gasteiger partial charge in [-0.15, -0.1) is 0 Å². The second-order valence-electron chi connectivity index (χ2n) is 5.37. The van der Waals surface area contributed by atoms with Crippen molar-refractivity contribution in [2.75, 3.05) is 11.9 Å². The van der Waals surface area contributed by atoms with Crippen molar-refractivity contribution in [3.05, 3.63) is 27.2 Å². The highest BCUT2D eigenvalue weighted by molar-refractivity contribution is 9.10. The van der Waals surface area contributed by atoms with Gasteiger partial charge in [0.2, 0.25) is 0 Å². The number of anilines is 1. The fraction of sp³-hybridized carbons (Fsp3) is 0.417. The summed E-state index contributed by atoms with van der Waals surface area (Å²) >= 11 is 3.34. The van der Waals surface area contributed by atoms with Gasteiger partial charge in [0, 0.05) is 29.2 Å². The molecule has 2 aromatic heterocycles. The van der Waals surface area contributed by atoms with Gasteiger partial charge in [-0.05, 0) is 22.0 Å². The van der Waals surface area contributed by atoms with Gasteiger partial charge in [0.25, 0.3) is 0 Å². The molecule has 0 unspecified atom stereocenters. The lowest BCUT2D eigenvalue weighted by Crippen LogP contribution is -2.41. The summed E-state index contributed by atoms with van der Waals surface area (Å²) in [6, 6.07) is 1.81. The Kier molecular flexibility index (Phi) is 2.45. The molecule has 1 aliphatic heterocycles. The summed E-state index contributed by atoms with van der Waals surface area (Å²) in [7, 11) is 0. The Morgan fingerprint density at radius 3 is 3.06 bits per heavy atom. The molecule has 0 atom stereocenters. The van der Waals surface area contributed by atoms with Crippen molar-refractivity contribution in [1.82, 2.24) is 14.5 Å².